The molecule has 0 atom stereocenters. The van der Waals surface area contributed by atoms with Crippen LogP contribution in [0.25, 0.3) is 11.6 Å². The highest BCUT2D eigenvalue weighted by Crippen LogP contribution is 2.41. The van der Waals surface area contributed by atoms with Crippen LogP contribution in [0.2, 0.25) is 0 Å². The molecule has 0 aliphatic carbocycles. The first kappa shape index (κ1) is 17.3. The molecule has 2 aromatic rings. The molecule has 1 aliphatic rings. The first-order chi connectivity index (χ1) is 12.3. The first-order valence-electron chi connectivity index (χ1n) is 7.61. The van der Waals surface area contributed by atoms with Crippen LogP contribution in [0.4, 0.5) is 11.4 Å². The lowest BCUT2D eigenvalue weighted by molar-refractivity contribution is -0.385. The zero-order valence-corrected chi connectivity index (χ0v) is 14.3. The van der Waals surface area contributed by atoms with Crippen molar-refractivity contribution in [3.05, 3.63) is 51.1 Å². The van der Waals surface area contributed by atoms with Gasteiger partial charge in [0.15, 0.2) is 11.5 Å². The van der Waals surface area contributed by atoms with Gasteiger partial charge in [0.1, 0.15) is 0 Å². The molecule has 3 rings (SSSR count). The predicted molar refractivity (Wildman–Crippen MR) is 93.3 cm³/mol. The van der Waals surface area contributed by atoms with E-state index < -0.39 is 10.8 Å². The summed E-state index contributed by atoms with van der Waals surface area (Å²) >= 11 is 0. The number of methoxy groups -OCH3 is 2. The minimum atomic E-state index is -0.578. The van der Waals surface area contributed by atoms with Gasteiger partial charge in [-0.2, -0.15) is 0 Å². The Bertz CT molecular complexity index is 965. The number of anilines is 1. The van der Waals surface area contributed by atoms with Crippen LogP contribution >= 0.6 is 0 Å². The average molecular weight is 355 g/mol. The third kappa shape index (κ3) is 2.81. The van der Waals surface area contributed by atoms with Crippen LogP contribution in [0, 0.1) is 17.0 Å². The fourth-order valence-corrected chi connectivity index (χ4v) is 2.81. The van der Waals surface area contributed by atoms with Crippen molar-refractivity contribution in [2.24, 2.45) is 0 Å². The van der Waals surface area contributed by atoms with Gasteiger partial charge in [-0.25, -0.2) is 0 Å². The normalized spacial score (nSPS) is 14.1. The Morgan fingerprint density at radius 3 is 2.38 bits per heavy atom. The highest BCUT2D eigenvalue weighted by Gasteiger charge is 2.27. The maximum Gasteiger partial charge on any atom is 0.270 e. The van der Waals surface area contributed by atoms with Crippen LogP contribution in [0.5, 0.6) is 17.2 Å². The Labute approximate surface area is 148 Å². The topological polar surface area (TPSA) is 114 Å². The van der Waals surface area contributed by atoms with Gasteiger partial charge < -0.3 is 19.9 Å². The molecule has 0 spiro atoms. The lowest BCUT2D eigenvalue weighted by atomic mass is 10.0. The molecule has 134 valence electrons. The molecule has 0 fully saturated rings. The fraction of sp³-hybridized carbons (Fsp3) is 0.167. The number of aryl methyl sites for hydroxylation is 1. The van der Waals surface area contributed by atoms with E-state index in [9.17, 15) is 20.0 Å². The van der Waals surface area contributed by atoms with E-state index in [0.29, 0.717) is 22.7 Å². The Hall–Kier alpha value is -3.55. The molecule has 26 heavy (non-hydrogen) atoms. The van der Waals surface area contributed by atoms with Crippen molar-refractivity contribution in [3.63, 3.8) is 0 Å². The molecule has 2 aromatic carbocycles. The van der Waals surface area contributed by atoms with Crippen molar-refractivity contribution in [3.8, 4) is 17.2 Å². The van der Waals surface area contributed by atoms with Crippen LogP contribution in [-0.4, -0.2) is 25.1 Å². The quantitative estimate of drug-likeness (QED) is 0.512. The van der Waals surface area contributed by atoms with E-state index in [-0.39, 0.29) is 28.1 Å². The molecule has 0 saturated heterocycles. The van der Waals surface area contributed by atoms with E-state index >= 15 is 0 Å². The number of amides is 1. The molecule has 8 nitrogen and oxygen atoms in total. The smallest absolute Gasteiger partial charge is 0.270 e. The van der Waals surface area contributed by atoms with E-state index in [1.807, 2.05) is 0 Å². The van der Waals surface area contributed by atoms with Crippen LogP contribution in [0.1, 0.15) is 16.7 Å². The molecule has 0 radical (unpaired) electrons. The molecule has 0 bridgehead atoms. The number of nitro groups is 1. The summed E-state index contributed by atoms with van der Waals surface area (Å²) in [6.07, 6.45) is 1.36. The van der Waals surface area contributed by atoms with E-state index in [0.717, 1.165) is 6.07 Å². The molecule has 0 aromatic heterocycles. The lowest BCUT2D eigenvalue weighted by Gasteiger charge is -2.14. The van der Waals surface area contributed by atoms with Gasteiger partial charge >= 0.3 is 0 Å². The number of nitro benzene ring substituents is 1. The molecule has 1 aliphatic heterocycles. The number of carbonyl (C=O) groups excluding carboxylic acids is 1. The summed E-state index contributed by atoms with van der Waals surface area (Å²) in [4.78, 5) is 22.8. The van der Waals surface area contributed by atoms with Gasteiger partial charge in [-0.1, -0.05) is 11.3 Å². The number of carbonyl (C=O) groups is 1. The Balaban J connectivity index is 2.18. The molecule has 0 saturated carbocycles. The largest absolute Gasteiger partial charge is 0.872 e. The maximum absolute atomic E-state index is 12.4. The predicted octanol–water partition coefficient (Wildman–Crippen LogP) is 2.49. The number of non-ortho nitro benzene ring substituents is 1. The lowest BCUT2D eigenvalue weighted by Crippen LogP contribution is -2.04. The zero-order chi connectivity index (χ0) is 19.0. The number of benzene rings is 2. The number of fused-ring (bicyclic) bond motifs is 1. The van der Waals surface area contributed by atoms with Crippen molar-refractivity contribution >= 4 is 28.9 Å². The van der Waals surface area contributed by atoms with Gasteiger partial charge in [0.2, 0.25) is 0 Å². The van der Waals surface area contributed by atoms with E-state index in [2.05, 4.69) is 5.32 Å². The van der Waals surface area contributed by atoms with Crippen molar-refractivity contribution in [2.45, 2.75) is 6.92 Å². The Morgan fingerprint density at radius 1 is 1.12 bits per heavy atom. The molecule has 1 amide bonds. The summed E-state index contributed by atoms with van der Waals surface area (Å²) in [5, 5.41) is 26.1. The molecule has 8 heteroatoms. The van der Waals surface area contributed by atoms with Crippen LogP contribution in [-0.2, 0) is 4.79 Å². The summed E-state index contributed by atoms with van der Waals surface area (Å²) in [6.45, 7) is 1.49. The number of nitrogens with one attached hydrogen (secondary N) is 1. The molecule has 1 N–H and O–H groups in total. The minimum absolute atomic E-state index is 0.0736. The first-order valence-corrected chi connectivity index (χ1v) is 7.61. The van der Waals surface area contributed by atoms with Crippen molar-refractivity contribution < 1.29 is 24.3 Å². The van der Waals surface area contributed by atoms with Gasteiger partial charge in [-0.3, -0.25) is 14.9 Å². The van der Waals surface area contributed by atoms with Gasteiger partial charge in [0.05, 0.1) is 24.8 Å². The van der Waals surface area contributed by atoms with E-state index in [1.165, 1.54) is 33.3 Å². The second-order valence-electron chi connectivity index (χ2n) is 5.70. The van der Waals surface area contributed by atoms with Gasteiger partial charge in [0.25, 0.3) is 11.6 Å². The standard InChI is InChI=1S/C18H16N2O6/c1-9-4-11(20(23)24)5-10(17(9)21)6-13-12-7-15(25-2)16(26-3)8-14(12)19-18(13)22/h4-8,21H,1-3H3,(H,19,22)/p-1/b13-6-. The molecule has 0 unspecified atom stereocenters. The van der Waals surface area contributed by atoms with Crippen LogP contribution in [0.15, 0.2) is 24.3 Å². The third-order valence-electron chi connectivity index (χ3n) is 4.11. The number of rotatable bonds is 4. The highest BCUT2D eigenvalue weighted by molar-refractivity contribution is 6.35. The molecular weight excluding hydrogens is 340 g/mol. The molecule has 1 heterocycles. The molecular formula is C18H15N2O6-. The second kappa shape index (κ2) is 6.40. The van der Waals surface area contributed by atoms with Gasteiger partial charge in [-0.15, -0.1) is 0 Å². The minimum Gasteiger partial charge on any atom is -0.872 e. The number of hydrogen-bond donors (Lipinski definition) is 1. The number of hydrogen-bond acceptors (Lipinski definition) is 6. The van der Waals surface area contributed by atoms with Crippen molar-refractivity contribution in [2.75, 3.05) is 19.5 Å². The summed E-state index contributed by atoms with van der Waals surface area (Å²) in [5.74, 6) is 0.0819. The Kier molecular flexibility index (Phi) is 4.25. The van der Waals surface area contributed by atoms with Gasteiger partial charge in [-0.05, 0) is 24.6 Å². The SMILES string of the molecule is COc1cc2c(cc1OC)/C(=C/c1cc([N+](=O)[O-])cc(C)c1[O-])C(=O)N2. The summed E-state index contributed by atoms with van der Waals surface area (Å²) < 4.78 is 10.5. The van der Waals surface area contributed by atoms with Gasteiger partial charge in [0, 0.05) is 29.3 Å². The average Bonchev–Trinajstić information content (AvgIpc) is 2.91. The van der Waals surface area contributed by atoms with Crippen LogP contribution < -0.4 is 19.9 Å². The summed E-state index contributed by atoms with van der Waals surface area (Å²) in [7, 11) is 2.95. The highest BCUT2D eigenvalue weighted by atomic mass is 16.6. The maximum atomic E-state index is 12.4. The van der Waals surface area contributed by atoms with E-state index in [4.69, 9.17) is 9.47 Å². The zero-order valence-electron chi connectivity index (χ0n) is 14.3. The van der Waals surface area contributed by atoms with E-state index in [1.54, 1.807) is 12.1 Å². The summed E-state index contributed by atoms with van der Waals surface area (Å²) in [5.41, 5.74) is 1.35. The number of ether oxygens (including phenoxy) is 2. The monoisotopic (exact) mass is 355 g/mol. The number of nitrogens with zero attached hydrogens (tertiary/aromatic N) is 1. The fourth-order valence-electron chi connectivity index (χ4n) is 2.81. The van der Waals surface area contributed by atoms with Crippen molar-refractivity contribution in [1.82, 2.24) is 0 Å². The second-order valence-corrected chi connectivity index (χ2v) is 5.70. The van der Waals surface area contributed by atoms with Crippen molar-refractivity contribution in [1.29, 1.82) is 0 Å². The summed E-state index contributed by atoms with van der Waals surface area (Å²) in [6, 6.07) is 5.60. The van der Waals surface area contributed by atoms with Crippen LogP contribution in [0.3, 0.4) is 0 Å². The third-order valence-corrected chi connectivity index (χ3v) is 4.11. The Morgan fingerprint density at radius 2 is 1.77 bits per heavy atom.